The molecule has 0 radical (unpaired) electrons. The highest BCUT2D eigenvalue weighted by atomic mass is 16.5. The predicted molar refractivity (Wildman–Crippen MR) is 95.4 cm³/mol. The van der Waals surface area contributed by atoms with Crippen molar-refractivity contribution in [3.63, 3.8) is 0 Å². The number of anilines is 2. The molecule has 1 aromatic rings. The summed E-state index contributed by atoms with van der Waals surface area (Å²) in [5, 5.41) is 5.44. The first kappa shape index (κ1) is 18.1. The fourth-order valence-corrected chi connectivity index (χ4v) is 2.82. The van der Waals surface area contributed by atoms with Crippen LogP contribution in [0.4, 0.5) is 16.2 Å². The molecular formula is C18H27N3O3. The van der Waals surface area contributed by atoms with E-state index < -0.39 is 6.09 Å². The van der Waals surface area contributed by atoms with Crippen LogP contribution in [0, 0.1) is 0 Å². The maximum Gasteiger partial charge on any atom is 0.406 e. The fraction of sp³-hybridized carbons (Fsp3) is 0.556. The maximum atomic E-state index is 11.9. The van der Waals surface area contributed by atoms with E-state index in [4.69, 9.17) is 0 Å². The van der Waals surface area contributed by atoms with Crippen molar-refractivity contribution in [1.82, 2.24) is 5.32 Å². The van der Waals surface area contributed by atoms with E-state index in [9.17, 15) is 9.59 Å². The minimum Gasteiger partial charge on any atom is -0.453 e. The number of nitrogens with zero attached hydrogens (tertiary/aromatic N) is 1. The maximum absolute atomic E-state index is 11.9. The highest BCUT2D eigenvalue weighted by Gasteiger charge is 2.10. The molecule has 6 nitrogen and oxygen atoms in total. The van der Waals surface area contributed by atoms with Gasteiger partial charge in [-0.25, -0.2) is 4.79 Å². The van der Waals surface area contributed by atoms with Gasteiger partial charge in [0.25, 0.3) is 0 Å². The second-order valence-electron chi connectivity index (χ2n) is 6.02. The van der Waals surface area contributed by atoms with Gasteiger partial charge in [0.05, 0.1) is 7.11 Å². The molecule has 0 aliphatic carbocycles. The molecule has 1 heterocycles. The van der Waals surface area contributed by atoms with Crippen LogP contribution in [0.3, 0.4) is 0 Å². The first-order chi connectivity index (χ1) is 11.7. The molecule has 0 spiro atoms. The summed E-state index contributed by atoms with van der Waals surface area (Å²) in [5.41, 5.74) is 2.02. The third kappa shape index (κ3) is 6.10. The third-order valence-corrected chi connectivity index (χ3v) is 4.16. The molecule has 1 aliphatic heterocycles. The van der Waals surface area contributed by atoms with E-state index in [1.54, 1.807) is 0 Å². The van der Waals surface area contributed by atoms with Gasteiger partial charge in [0.1, 0.15) is 0 Å². The first-order valence-electron chi connectivity index (χ1n) is 8.66. The number of rotatable bonds is 6. The van der Waals surface area contributed by atoms with Crippen molar-refractivity contribution in [2.24, 2.45) is 0 Å². The highest BCUT2D eigenvalue weighted by Crippen LogP contribution is 2.21. The van der Waals surface area contributed by atoms with Gasteiger partial charge in [-0.05, 0) is 43.5 Å². The molecule has 0 saturated carbocycles. The zero-order valence-corrected chi connectivity index (χ0v) is 14.3. The molecule has 0 atom stereocenters. The number of alkyl carbamates (subject to hydrolysis) is 1. The average molecular weight is 333 g/mol. The second-order valence-corrected chi connectivity index (χ2v) is 6.02. The Morgan fingerprint density at radius 2 is 1.75 bits per heavy atom. The van der Waals surface area contributed by atoms with E-state index in [0.717, 1.165) is 18.8 Å². The molecule has 1 saturated heterocycles. The molecule has 1 aromatic carbocycles. The Labute approximate surface area is 143 Å². The van der Waals surface area contributed by atoms with E-state index in [1.807, 2.05) is 12.1 Å². The number of benzene rings is 1. The topological polar surface area (TPSA) is 70.7 Å². The highest BCUT2D eigenvalue weighted by molar-refractivity contribution is 5.90. The van der Waals surface area contributed by atoms with E-state index in [2.05, 4.69) is 32.4 Å². The zero-order chi connectivity index (χ0) is 17.2. The fourth-order valence-electron chi connectivity index (χ4n) is 2.82. The van der Waals surface area contributed by atoms with Crippen molar-refractivity contribution < 1.29 is 14.3 Å². The van der Waals surface area contributed by atoms with E-state index >= 15 is 0 Å². The number of hydrogen-bond acceptors (Lipinski definition) is 4. The number of methoxy groups -OCH3 is 1. The number of hydrogen-bond donors (Lipinski definition) is 2. The van der Waals surface area contributed by atoms with Gasteiger partial charge in [-0.15, -0.1) is 0 Å². The van der Waals surface area contributed by atoms with Crippen LogP contribution in [0.2, 0.25) is 0 Å². The van der Waals surface area contributed by atoms with Gasteiger partial charge in [0, 0.05) is 37.4 Å². The predicted octanol–water partition coefficient (Wildman–Crippen LogP) is 3.14. The van der Waals surface area contributed by atoms with Gasteiger partial charge >= 0.3 is 6.09 Å². The summed E-state index contributed by atoms with van der Waals surface area (Å²) in [5.74, 6) is -0.0517. The summed E-state index contributed by atoms with van der Waals surface area (Å²) in [6.45, 7) is 2.64. The van der Waals surface area contributed by atoms with Crippen molar-refractivity contribution in [3.8, 4) is 0 Å². The lowest BCUT2D eigenvalue weighted by atomic mass is 10.2. The summed E-state index contributed by atoms with van der Waals surface area (Å²) in [6.07, 6.45) is 5.59. The summed E-state index contributed by atoms with van der Waals surface area (Å²) in [6, 6.07) is 8.04. The van der Waals surface area contributed by atoms with Crippen molar-refractivity contribution in [1.29, 1.82) is 0 Å². The van der Waals surface area contributed by atoms with Gasteiger partial charge < -0.3 is 20.3 Å². The molecule has 6 heteroatoms. The molecule has 0 unspecified atom stereocenters. The quantitative estimate of drug-likeness (QED) is 0.785. The summed E-state index contributed by atoms with van der Waals surface area (Å²) in [4.78, 5) is 25.2. The average Bonchev–Trinajstić information content (AvgIpc) is 2.88. The smallest absolute Gasteiger partial charge is 0.406 e. The largest absolute Gasteiger partial charge is 0.453 e. The summed E-state index contributed by atoms with van der Waals surface area (Å²) < 4.78 is 4.47. The Morgan fingerprint density at radius 3 is 2.38 bits per heavy atom. The lowest BCUT2D eigenvalue weighted by Gasteiger charge is -2.22. The molecule has 24 heavy (non-hydrogen) atoms. The molecule has 0 bridgehead atoms. The van der Waals surface area contributed by atoms with Crippen LogP contribution in [-0.2, 0) is 9.53 Å². The Kier molecular flexibility index (Phi) is 7.39. The van der Waals surface area contributed by atoms with Crippen LogP contribution < -0.4 is 15.5 Å². The van der Waals surface area contributed by atoms with Crippen LogP contribution in [0.5, 0.6) is 0 Å². The Hall–Kier alpha value is -2.24. The second kappa shape index (κ2) is 9.80. The molecule has 1 fully saturated rings. The van der Waals surface area contributed by atoms with Gasteiger partial charge in [0.2, 0.25) is 5.91 Å². The van der Waals surface area contributed by atoms with Crippen LogP contribution in [0.15, 0.2) is 24.3 Å². The number of ether oxygens (including phenoxy) is 1. The van der Waals surface area contributed by atoms with E-state index in [1.165, 1.54) is 38.5 Å². The molecule has 132 valence electrons. The van der Waals surface area contributed by atoms with Gasteiger partial charge in [-0.2, -0.15) is 0 Å². The van der Waals surface area contributed by atoms with Crippen LogP contribution >= 0.6 is 0 Å². The summed E-state index contributed by atoms with van der Waals surface area (Å²) in [7, 11) is 1.32. The minimum absolute atomic E-state index is 0.0517. The first-order valence-corrected chi connectivity index (χ1v) is 8.66. The SMILES string of the molecule is COC(=O)NCCCC(=O)Nc1ccc(N2CCCCCC2)cc1. The van der Waals surface area contributed by atoms with Crippen molar-refractivity contribution >= 4 is 23.4 Å². The number of amides is 2. The van der Waals surface area contributed by atoms with Crippen LogP contribution in [0.25, 0.3) is 0 Å². The van der Waals surface area contributed by atoms with E-state index in [0.29, 0.717) is 19.4 Å². The van der Waals surface area contributed by atoms with Crippen molar-refractivity contribution in [2.75, 3.05) is 37.0 Å². The van der Waals surface area contributed by atoms with Gasteiger partial charge in [-0.1, -0.05) is 12.8 Å². The molecular weight excluding hydrogens is 306 g/mol. The standard InChI is InChI=1S/C18H27N3O3/c1-24-18(23)19-12-6-7-17(22)20-15-8-10-16(11-9-15)21-13-4-2-3-5-14-21/h8-11H,2-7,12-14H2,1H3,(H,19,23)(H,20,22). The zero-order valence-electron chi connectivity index (χ0n) is 14.3. The minimum atomic E-state index is -0.473. The molecule has 2 rings (SSSR count). The van der Waals surface area contributed by atoms with Gasteiger partial charge in [-0.3, -0.25) is 4.79 Å². The number of carbonyl (C=O) groups excluding carboxylic acids is 2. The van der Waals surface area contributed by atoms with Gasteiger partial charge in [0.15, 0.2) is 0 Å². The lowest BCUT2D eigenvalue weighted by molar-refractivity contribution is -0.116. The summed E-state index contributed by atoms with van der Waals surface area (Å²) >= 11 is 0. The monoisotopic (exact) mass is 333 g/mol. The van der Waals surface area contributed by atoms with Crippen LogP contribution in [-0.4, -0.2) is 38.7 Å². The molecule has 2 N–H and O–H groups in total. The number of nitrogens with one attached hydrogen (secondary N) is 2. The Balaban J connectivity index is 1.74. The Bertz CT molecular complexity index is 523. The molecule has 1 aliphatic rings. The third-order valence-electron chi connectivity index (χ3n) is 4.16. The number of carbonyl (C=O) groups is 2. The van der Waals surface area contributed by atoms with Crippen molar-refractivity contribution in [2.45, 2.75) is 38.5 Å². The lowest BCUT2D eigenvalue weighted by Crippen LogP contribution is -2.25. The molecule has 0 aromatic heterocycles. The normalized spacial score (nSPS) is 14.6. The van der Waals surface area contributed by atoms with Crippen LogP contribution in [0.1, 0.15) is 38.5 Å². The van der Waals surface area contributed by atoms with E-state index in [-0.39, 0.29) is 5.91 Å². The Morgan fingerprint density at radius 1 is 1.08 bits per heavy atom. The van der Waals surface area contributed by atoms with Crippen molar-refractivity contribution in [3.05, 3.63) is 24.3 Å². The molecule has 2 amide bonds.